The van der Waals surface area contributed by atoms with Crippen molar-refractivity contribution in [1.29, 1.82) is 0 Å². The number of ether oxygens (including phenoxy) is 1. The number of carbonyl (C=O) groups excluding carboxylic acids is 1. The van der Waals surface area contributed by atoms with Gasteiger partial charge in [-0.3, -0.25) is 9.36 Å². The van der Waals surface area contributed by atoms with Gasteiger partial charge in [-0.25, -0.2) is 4.79 Å². The minimum absolute atomic E-state index is 0.0202. The number of carbonyl (C=O) groups is 2. The molecule has 4 aromatic carbocycles. The van der Waals surface area contributed by atoms with E-state index in [1.54, 1.807) is 19.1 Å². The number of rotatable bonds is 14. The quantitative estimate of drug-likeness (QED) is 0.124. The van der Waals surface area contributed by atoms with Gasteiger partial charge in [-0.2, -0.15) is 0 Å². The summed E-state index contributed by atoms with van der Waals surface area (Å²) in [6, 6.07) is 35.2. The highest BCUT2D eigenvalue weighted by Crippen LogP contribution is 2.60. The van der Waals surface area contributed by atoms with Crippen LogP contribution in [0.25, 0.3) is 0 Å². The number of benzene rings is 4. The molecular weight excluding hydrogens is 573 g/mol. The first-order valence-corrected chi connectivity index (χ1v) is 16.7. The van der Waals surface area contributed by atoms with Gasteiger partial charge in [-0.05, 0) is 59.6 Å². The SMILES string of the molecule is CC(c1ccccc1CCc1ccccc1)c1ccccc1C(C)P(=O)(O)C(CCC(=O)O)NC(=O)OCc1ccccc1. The molecule has 3 N–H and O–H groups in total. The second-order valence-electron chi connectivity index (χ2n) is 11.0. The number of alkyl carbamates (subject to hydrolysis) is 1. The second kappa shape index (κ2) is 15.5. The number of hydrogen-bond donors (Lipinski definition) is 3. The Balaban J connectivity index is 1.57. The fraction of sp³-hybridized carbons (Fsp3) is 0.278. The fourth-order valence-corrected chi connectivity index (χ4v) is 7.50. The van der Waals surface area contributed by atoms with Gasteiger partial charge >= 0.3 is 12.1 Å². The van der Waals surface area contributed by atoms with Crippen LogP contribution in [0.4, 0.5) is 4.79 Å². The minimum Gasteiger partial charge on any atom is -0.481 e. The van der Waals surface area contributed by atoms with Crippen molar-refractivity contribution in [2.24, 2.45) is 0 Å². The predicted molar refractivity (Wildman–Crippen MR) is 173 cm³/mol. The van der Waals surface area contributed by atoms with Gasteiger partial charge in [0.1, 0.15) is 12.4 Å². The summed E-state index contributed by atoms with van der Waals surface area (Å²) in [4.78, 5) is 35.7. The maximum absolute atomic E-state index is 14.2. The van der Waals surface area contributed by atoms with Crippen molar-refractivity contribution in [3.63, 3.8) is 0 Å². The predicted octanol–water partition coefficient (Wildman–Crippen LogP) is 8.07. The molecule has 0 saturated carbocycles. The van der Waals surface area contributed by atoms with Gasteiger partial charge in [-0.15, -0.1) is 0 Å². The molecule has 4 aromatic rings. The molecule has 4 atom stereocenters. The first-order valence-electron chi connectivity index (χ1n) is 14.9. The highest BCUT2D eigenvalue weighted by Gasteiger charge is 2.40. The van der Waals surface area contributed by atoms with Crippen LogP contribution in [0.15, 0.2) is 109 Å². The van der Waals surface area contributed by atoms with Crippen molar-refractivity contribution in [1.82, 2.24) is 5.32 Å². The highest BCUT2D eigenvalue weighted by atomic mass is 31.2. The highest BCUT2D eigenvalue weighted by molar-refractivity contribution is 7.59. The zero-order valence-electron chi connectivity index (χ0n) is 25.1. The van der Waals surface area contributed by atoms with E-state index in [1.807, 2.05) is 72.8 Å². The lowest BCUT2D eigenvalue weighted by atomic mass is 9.85. The van der Waals surface area contributed by atoms with E-state index in [2.05, 4.69) is 36.5 Å². The van der Waals surface area contributed by atoms with E-state index < -0.39 is 30.9 Å². The summed E-state index contributed by atoms with van der Waals surface area (Å²) in [6.07, 6.45) is 0.278. The van der Waals surface area contributed by atoms with Gasteiger partial charge in [0, 0.05) is 12.3 Å². The Morgan fingerprint density at radius 1 is 0.750 bits per heavy atom. The van der Waals surface area contributed by atoms with Crippen LogP contribution in [0.2, 0.25) is 0 Å². The maximum Gasteiger partial charge on any atom is 0.408 e. The number of aliphatic carboxylic acids is 1. The van der Waals surface area contributed by atoms with E-state index in [0.29, 0.717) is 5.56 Å². The standard InChI is InChI=1S/C36H40NO6P/c1-26(31-18-10-9-17-30(31)22-21-28-13-5-3-6-14-28)32-19-11-12-20-33(32)27(2)44(41,42)34(23-24-35(38)39)37-36(40)43-25-29-15-7-4-8-16-29/h3-20,26-27,34H,21-25H2,1-2H3,(H,37,40)(H,38,39)(H,41,42). The minimum atomic E-state index is -4.22. The molecule has 7 nitrogen and oxygen atoms in total. The van der Waals surface area contributed by atoms with Crippen molar-refractivity contribution in [3.8, 4) is 0 Å². The average Bonchev–Trinajstić information content (AvgIpc) is 3.05. The first-order chi connectivity index (χ1) is 21.2. The molecule has 0 spiro atoms. The largest absolute Gasteiger partial charge is 0.481 e. The van der Waals surface area contributed by atoms with Gasteiger partial charge in [0.25, 0.3) is 0 Å². The van der Waals surface area contributed by atoms with Gasteiger partial charge in [0.15, 0.2) is 0 Å². The lowest BCUT2D eigenvalue weighted by Crippen LogP contribution is -2.36. The van der Waals surface area contributed by atoms with Gasteiger partial charge in [-0.1, -0.05) is 116 Å². The average molecular weight is 614 g/mol. The van der Waals surface area contributed by atoms with E-state index in [-0.39, 0.29) is 25.4 Å². The summed E-state index contributed by atoms with van der Waals surface area (Å²) >= 11 is 0. The molecule has 230 valence electrons. The summed E-state index contributed by atoms with van der Waals surface area (Å²) in [6.45, 7) is 3.74. The zero-order chi connectivity index (χ0) is 31.5. The van der Waals surface area contributed by atoms with Crippen LogP contribution in [0.3, 0.4) is 0 Å². The van der Waals surface area contributed by atoms with Crippen molar-refractivity contribution < 1.29 is 28.9 Å². The van der Waals surface area contributed by atoms with Crippen molar-refractivity contribution in [2.75, 3.05) is 0 Å². The molecule has 0 bridgehead atoms. The molecule has 0 heterocycles. The molecule has 0 saturated heterocycles. The van der Waals surface area contributed by atoms with Gasteiger partial charge in [0.2, 0.25) is 7.37 Å². The second-order valence-corrected chi connectivity index (χ2v) is 13.8. The smallest absolute Gasteiger partial charge is 0.408 e. The summed E-state index contributed by atoms with van der Waals surface area (Å²) in [7, 11) is -4.22. The fourth-order valence-electron chi connectivity index (χ4n) is 5.54. The Bertz CT molecular complexity index is 1580. The zero-order valence-corrected chi connectivity index (χ0v) is 26.0. The molecular formula is C36H40NO6P. The van der Waals surface area contributed by atoms with Crippen molar-refractivity contribution >= 4 is 19.4 Å². The first kappa shape index (κ1) is 32.7. The number of nitrogens with one attached hydrogen (secondary N) is 1. The summed E-state index contributed by atoms with van der Waals surface area (Å²) < 4.78 is 19.5. The monoisotopic (exact) mass is 613 g/mol. The number of aryl methyl sites for hydroxylation is 2. The van der Waals surface area contributed by atoms with E-state index in [0.717, 1.165) is 29.5 Å². The molecule has 4 unspecified atom stereocenters. The number of amides is 1. The Hall–Kier alpha value is -4.19. The lowest BCUT2D eigenvalue weighted by molar-refractivity contribution is -0.137. The third-order valence-electron chi connectivity index (χ3n) is 8.09. The Morgan fingerprint density at radius 3 is 1.93 bits per heavy atom. The Morgan fingerprint density at radius 2 is 1.30 bits per heavy atom. The van der Waals surface area contributed by atoms with Crippen molar-refractivity contribution in [2.45, 2.75) is 63.5 Å². The van der Waals surface area contributed by atoms with Crippen LogP contribution < -0.4 is 5.32 Å². The van der Waals surface area contributed by atoms with Crippen LogP contribution in [-0.2, 0) is 33.5 Å². The third kappa shape index (κ3) is 8.68. The molecule has 8 heteroatoms. The molecule has 44 heavy (non-hydrogen) atoms. The van der Waals surface area contributed by atoms with Crippen LogP contribution in [0, 0.1) is 0 Å². The summed E-state index contributed by atoms with van der Waals surface area (Å²) in [5.74, 6) is -2.51. The normalized spacial score (nSPS) is 14.5. The molecule has 4 rings (SSSR count). The lowest BCUT2D eigenvalue weighted by Gasteiger charge is -2.30. The van der Waals surface area contributed by atoms with E-state index in [4.69, 9.17) is 4.74 Å². The van der Waals surface area contributed by atoms with E-state index in [9.17, 15) is 24.2 Å². The molecule has 0 aliphatic carbocycles. The molecule has 0 aliphatic heterocycles. The van der Waals surface area contributed by atoms with Gasteiger partial charge in [0.05, 0.1) is 5.66 Å². The topological polar surface area (TPSA) is 113 Å². The number of carboxylic acids is 1. The maximum atomic E-state index is 14.2. The van der Waals surface area contributed by atoms with Crippen molar-refractivity contribution in [3.05, 3.63) is 143 Å². The molecule has 0 radical (unpaired) electrons. The van der Waals surface area contributed by atoms with E-state index >= 15 is 0 Å². The third-order valence-corrected chi connectivity index (χ3v) is 10.8. The van der Waals surface area contributed by atoms with Gasteiger partial charge < -0.3 is 20.1 Å². The van der Waals surface area contributed by atoms with Crippen LogP contribution in [-0.4, -0.2) is 27.8 Å². The molecule has 0 fully saturated rings. The molecule has 0 aliphatic rings. The molecule has 1 amide bonds. The van der Waals surface area contributed by atoms with Crippen LogP contribution in [0.5, 0.6) is 0 Å². The summed E-state index contributed by atoms with van der Waals surface area (Å²) in [5.41, 5.74) is 5.07. The summed E-state index contributed by atoms with van der Waals surface area (Å²) in [5, 5.41) is 11.9. The number of carboxylic acid groups (broad SMARTS) is 1. The molecule has 0 aromatic heterocycles. The Kier molecular flexibility index (Phi) is 11.5. The van der Waals surface area contributed by atoms with E-state index in [1.165, 1.54) is 11.1 Å². The Labute approximate surface area is 259 Å². The number of hydrogen-bond acceptors (Lipinski definition) is 4. The van der Waals surface area contributed by atoms with Crippen LogP contribution >= 0.6 is 7.37 Å². The van der Waals surface area contributed by atoms with Crippen LogP contribution in [0.1, 0.15) is 71.6 Å².